The summed E-state index contributed by atoms with van der Waals surface area (Å²) in [6, 6.07) is 3.79. The van der Waals surface area contributed by atoms with Gasteiger partial charge in [-0.1, -0.05) is 12.1 Å². The van der Waals surface area contributed by atoms with Gasteiger partial charge in [0.25, 0.3) is 0 Å². The topological polar surface area (TPSA) is 83.5 Å². The van der Waals surface area contributed by atoms with E-state index in [2.05, 4.69) is 0 Å². The Hall–Kier alpha value is -1.61. The number of carbonyl (C=O) groups is 1. The van der Waals surface area contributed by atoms with Crippen LogP contribution in [-0.4, -0.2) is 31.7 Å². The first-order valence-electron chi connectivity index (χ1n) is 5.87. The van der Waals surface area contributed by atoms with Gasteiger partial charge in [-0.15, -0.1) is 0 Å². The second-order valence-corrected chi connectivity index (χ2v) is 6.35. The van der Waals surface area contributed by atoms with Crippen molar-refractivity contribution in [2.45, 2.75) is 31.3 Å². The summed E-state index contributed by atoms with van der Waals surface area (Å²) in [5.74, 6) is -1.67. The van der Waals surface area contributed by atoms with Gasteiger partial charge in [0.1, 0.15) is 0 Å². The molecule has 0 aliphatic heterocycles. The third kappa shape index (κ3) is 6.58. The van der Waals surface area contributed by atoms with E-state index in [1.807, 2.05) is 4.72 Å². The average Bonchev–Trinajstić information content (AvgIpc) is 2.24. The zero-order chi connectivity index (χ0) is 16.3. The van der Waals surface area contributed by atoms with Gasteiger partial charge in [-0.2, -0.15) is 13.2 Å². The maximum absolute atomic E-state index is 12.1. The summed E-state index contributed by atoms with van der Waals surface area (Å²) < 4.78 is 61.8. The van der Waals surface area contributed by atoms with Crippen molar-refractivity contribution < 1.29 is 31.5 Å². The molecule has 1 unspecified atom stereocenters. The van der Waals surface area contributed by atoms with Gasteiger partial charge in [0, 0.05) is 6.04 Å². The molecule has 0 aromatic heterocycles. The zero-order valence-electron chi connectivity index (χ0n) is 11.0. The quantitative estimate of drug-likeness (QED) is 0.839. The molecule has 1 rings (SSSR count). The number of hydrogen-bond donors (Lipinski definition) is 2. The predicted octanol–water partition coefficient (Wildman–Crippen LogP) is 2.15. The first-order valence-corrected chi connectivity index (χ1v) is 7.53. The molecule has 0 fully saturated rings. The van der Waals surface area contributed by atoms with Crippen LogP contribution in [0.15, 0.2) is 24.3 Å². The minimum atomic E-state index is -4.45. The number of carboxylic acid groups (broad SMARTS) is 1. The normalized spacial score (nSPS) is 13.9. The van der Waals surface area contributed by atoms with Crippen LogP contribution in [0.5, 0.6) is 0 Å². The molecule has 5 nitrogen and oxygen atoms in total. The van der Waals surface area contributed by atoms with E-state index < -0.39 is 40.4 Å². The molecule has 9 heteroatoms. The lowest BCUT2D eigenvalue weighted by molar-refractivity contribution is -0.137. The Labute approximate surface area is 119 Å². The summed E-state index contributed by atoms with van der Waals surface area (Å²) in [5.41, 5.74) is 0.279. The van der Waals surface area contributed by atoms with Crippen LogP contribution >= 0.6 is 0 Å². The molecule has 0 amide bonds. The van der Waals surface area contributed by atoms with Crippen molar-refractivity contribution in [1.82, 2.24) is 4.72 Å². The number of halogens is 3. The molecular formula is C12H14F3NO4S. The van der Waals surface area contributed by atoms with E-state index in [1.165, 1.54) is 24.3 Å². The number of benzene rings is 1. The second-order valence-electron chi connectivity index (χ2n) is 4.60. The summed E-state index contributed by atoms with van der Waals surface area (Å²) in [5, 5.41) is 8.70. The van der Waals surface area contributed by atoms with Gasteiger partial charge in [0.05, 0.1) is 17.7 Å². The lowest BCUT2D eigenvalue weighted by Crippen LogP contribution is -2.36. The largest absolute Gasteiger partial charge is 0.478 e. The molecule has 1 atom stereocenters. The maximum Gasteiger partial charge on any atom is 0.390 e. The molecule has 0 radical (unpaired) electrons. The fourth-order valence-corrected chi connectivity index (χ4v) is 3.11. The minimum Gasteiger partial charge on any atom is -0.478 e. The van der Waals surface area contributed by atoms with Gasteiger partial charge in [-0.25, -0.2) is 17.9 Å². The smallest absolute Gasteiger partial charge is 0.390 e. The first kappa shape index (κ1) is 17.4. The van der Waals surface area contributed by atoms with Crippen molar-refractivity contribution in [3.63, 3.8) is 0 Å². The zero-order valence-corrected chi connectivity index (χ0v) is 11.8. The van der Waals surface area contributed by atoms with Crippen LogP contribution in [0.4, 0.5) is 13.2 Å². The summed E-state index contributed by atoms with van der Waals surface area (Å²) >= 11 is 0. The molecule has 0 saturated carbocycles. The fourth-order valence-electron chi connectivity index (χ4n) is 1.70. The number of alkyl halides is 3. The Morgan fingerprint density at radius 2 is 1.81 bits per heavy atom. The third-order valence-electron chi connectivity index (χ3n) is 2.48. The highest BCUT2D eigenvalue weighted by Gasteiger charge is 2.31. The lowest BCUT2D eigenvalue weighted by Gasteiger charge is -2.16. The van der Waals surface area contributed by atoms with Crippen LogP contribution in [0.1, 0.15) is 29.3 Å². The van der Waals surface area contributed by atoms with E-state index in [-0.39, 0.29) is 11.1 Å². The maximum atomic E-state index is 12.1. The van der Waals surface area contributed by atoms with Crippen LogP contribution in [0.3, 0.4) is 0 Å². The molecule has 21 heavy (non-hydrogen) atoms. The van der Waals surface area contributed by atoms with E-state index in [0.717, 1.165) is 6.92 Å². The van der Waals surface area contributed by atoms with Gasteiger partial charge in [-0.3, -0.25) is 0 Å². The number of aromatic carboxylic acids is 1. The summed E-state index contributed by atoms with van der Waals surface area (Å²) in [4.78, 5) is 10.6. The van der Waals surface area contributed by atoms with Crippen molar-refractivity contribution >= 4 is 16.0 Å². The molecule has 1 aromatic carbocycles. The SMILES string of the molecule is CC(CC(F)(F)F)NS(=O)(=O)Cc1ccc(C(=O)O)cc1. The highest BCUT2D eigenvalue weighted by molar-refractivity contribution is 7.88. The monoisotopic (exact) mass is 325 g/mol. The molecule has 2 N–H and O–H groups in total. The second kappa shape index (κ2) is 6.44. The molecule has 118 valence electrons. The molecule has 0 spiro atoms. The molecule has 0 heterocycles. The molecule has 0 bridgehead atoms. The van der Waals surface area contributed by atoms with Crippen LogP contribution in [0.2, 0.25) is 0 Å². The Morgan fingerprint density at radius 1 is 1.29 bits per heavy atom. The number of carboxylic acids is 1. The van der Waals surface area contributed by atoms with Crippen LogP contribution in [0.25, 0.3) is 0 Å². The van der Waals surface area contributed by atoms with Crippen molar-refractivity contribution in [1.29, 1.82) is 0 Å². The summed E-state index contributed by atoms with van der Waals surface area (Å²) in [6.07, 6.45) is -5.71. The number of rotatable bonds is 6. The average molecular weight is 325 g/mol. The van der Waals surface area contributed by atoms with Gasteiger partial charge < -0.3 is 5.11 Å². The summed E-state index contributed by atoms with van der Waals surface area (Å²) in [6.45, 7) is 1.12. The Bertz CT molecular complexity index is 596. The van der Waals surface area contributed by atoms with E-state index in [0.29, 0.717) is 0 Å². The summed E-state index contributed by atoms with van der Waals surface area (Å²) in [7, 11) is -3.94. The van der Waals surface area contributed by atoms with E-state index in [4.69, 9.17) is 5.11 Å². The highest BCUT2D eigenvalue weighted by atomic mass is 32.2. The van der Waals surface area contributed by atoms with E-state index in [1.54, 1.807) is 0 Å². The van der Waals surface area contributed by atoms with Crippen molar-refractivity contribution in [3.05, 3.63) is 35.4 Å². The first-order chi connectivity index (χ1) is 9.48. The minimum absolute atomic E-state index is 0.00505. The number of sulfonamides is 1. The van der Waals surface area contributed by atoms with Crippen LogP contribution < -0.4 is 4.72 Å². The van der Waals surface area contributed by atoms with Gasteiger partial charge in [-0.05, 0) is 24.6 Å². The molecule has 0 aliphatic rings. The van der Waals surface area contributed by atoms with E-state index in [9.17, 15) is 26.4 Å². The molecule has 0 saturated heterocycles. The van der Waals surface area contributed by atoms with Crippen LogP contribution in [-0.2, 0) is 15.8 Å². The Kier molecular flexibility index (Phi) is 5.35. The Morgan fingerprint density at radius 3 is 2.24 bits per heavy atom. The highest BCUT2D eigenvalue weighted by Crippen LogP contribution is 2.21. The Balaban J connectivity index is 2.70. The lowest BCUT2D eigenvalue weighted by atomic mass is 10.1. The van der Waals surface area contributed by atoms with Crippen LogP contribution in [0, 0.1) is 0 Å². The molecular weight excluding hydrogens is 311 g/mol. The van der Waals surface area contributed by atoms with Crippen molar-refractivity contribution in [3.8, 4) is 0 Å². The third-order valence-corrected chi connectivity index (χ3v) is 3.95. The number of nitrogens with one attached hydrogen (secondary N) is 1. The van der Waals surface area contributed by atoms with Gasteiger partial charge >= 0.3 is 12.1 Å². The van der Waals surface area contributed by atoms with Gasteiger partial charge in [0.15, 0.2) is 0 Å². The number of hydrogen-bond acceptors (Lipinski definition) is 3. The standard InChI is InChI=1S/C12H14F3NO4S/c1-8(6-12(13,14)15)16-21(19,20)7-9-2-4-10(5-3-9)11(17)18/h2-5,8,16H,6-7H2,1H3,(H,17,18). The van der Waals surface area contributed by atoms with E-state index >= 15 is 0 Å². The van der Waals surface area contributed by atoms with Gasteiger partial charge in [0.2, 0.25) is 10.0 Å². The van der Waals surface area contributed by atoms with Crippen molar-refractivity contribution in [2.75, 3.05) is 0 Å². The predicted molar refractivity (Wildman–Crippen MR) is 69.3 cm³/mol. The molecule has 0 aliphatic carbocycles. The fraction of sp³-hybridized carbons (Fsp3) is 0.417. The molecule has 1 aromatic rings. The van der Waals surface area contributed by atoms with Crippen molar-refractivity contribution in [2.24, 2.45) is 0 Å².